The van der Waals surface area contributed by atoms with Crippen LogP contribution in [0.15, 0.2) is 90.1 Å². The van der Waals surface area contributed by atoms with Gasteiger partial charge in [-0.15, -0.1) is 0 Å². The van der Waals surface area contributed by atoms with E-state index in [0.717, 1.165) is 20.8 Å². The molecule has 1 unspecified atom stereocenters. The summed E-state index contributed by atoms with van der Waals surface area (Å²) in [4.78, 5) is 32.3. The topological polar surface area (TPSA) is 96.9 Å². The van der Waals surface area contributed by atoms with Crippen molar-refractivity contribution in [2.24, 2.45) is 0 Å². The van der Waals surface area contributed by atoms with Crippen LogP contribution in [0.3, 0.4) is 0 Å². The summed E-state index contributed by atoms with van der Waals surface area (Å²) in [5, 5.41) is 2.05. The van der Waals surface area contributed by atoms with Crippen LogP contribution in [0, 0.1) is 0 Å². The second kappa shape index (κ2) is 11.1. The van der Waals surface area contributed by atoms with Gasteiger partial charge in [-0.1, -0.05) is 41.9 Å². The Morgan fingerprint density at radius 3 is 2.46 bits per heavy atom. The lowest BCUT2D eigenvalue weighted by Crippen LogP contribution is -2.59. The summed E-state index contributed by atoms with van der Waals surface area (Å²) in [7, 11) is -4.09. The number of halogens is 1. The zero-order valence-corrected chi connectivity index (χ0v) is 22.7. The van der Waals surface area contributed by atoms with Gasteiger partial charge in [0.1, 0.15) is 6.04 Å². The van der Waals surface area contributed by atoms with Gasteiger partial charge in [0.05, 0.1) is 11.5 Å². The molecule has 0 saturated carbocycles. The molecule has 200 valence electrons. The lowest BCUT2D eigenvalue weighted by atomic mass is 9.99. The van der Waals surface area contributed by atoms with Gasteiger partial charge in [0, 0.05) is 42.6 Å². The van der Waals surface area contributed by atoms with Gasteiger partial charge in [-0.3, -0.25) is 14.6 Å². The fraction of sp³-hybridized carbons (Fsp3) is 0.207. The first-order valence-electron chi connectivity index (χ1n) is 12.5. The number of fused-ring (bicyclic) bond motifs is 1. The largest absolute Gasteiger partial charge is 0.465 e. The Morgan fingerprint density at radius 1 is 0.974 bits per heavy atom. The maximum atomic E-state index is 13.8. The molecule has 0 N–H and O–H groups in total. The van der Waals surface area contributed by atoms with Crippen LogP contribution < -0.4 is 0 Å². The molecule has 1 amide bonds. The Hall–Kier alpha value is -3.79. The molecule has 0 aliphatic carbocycles. The van der Waals surface area contributed by atoms with Crippen molar-refractivity contribution < 1.29 is 22.7 Å². The second-order valence-corrected chi connectivity index (χ2v) is 11.4. The number of piperazine rings is 1. The van der Waals surface area contributed by atoms with Crippen molar-refractivity contribution in [3.8, 4) is 11.1 Å². The smallest absolute Gasteiger partial charge is 0.326 e. The number of rotatable bonds is 6. The van der Waals surface area contributed by atoms with Gasteiger partial charge < -0.3 is 9.64 Å². The SMILES string of the molecule is CCOC(=O)C1CN(C(=O)c2ccccc2-c2ccncc2)CCN1S(=O)(=O)c1ccc2cc(Cl)ccc2c1. The second-order valence-electron chi connectivity index (χ2n) is 9.07. The number of amides is 1. The van der Waals surface area contributed by atoms with Crippen molar-refractivity contribution in [2.75, 3.05) is 26.2 Å². The van der Waals surface area contributed by atoms with E-state index in [4.69, 9.17) is 16.3 Å². The van der Waals surface area contributed by atoms with Crippen LogP contribution >= 0.6 is 11.6 Å². The first kappa shape index (κ1) is 26.8. The van der Waals surface area contributed by atoms with E-state index in [0.29, 0.717) is 16.0 Å². The van der Waals surface area contributed by atoms with Crippen molar-refractivity contribution in [2.45, 2.75) is 17.9 Å². The summed E-state index contributed by atoms with van der Waals surface area (Å²) in [5.41, 5.74) is 2.01. The lowest BCUT2D eigenvalue weighted by Gasteiger charge is -2.39. The van der Waals surface area contributed by atoms with E-state index in [-0.39, 0.29) is 37.0 Å². The van der Waals surface area contributed by atoms with Gasteiger partial charge in [-0.2, -0.15) is 4.31 Å². The number of sulfonamides is 1. The number of benzene rings is 3. The molecule has 3 aromatic carbocycles. The predicted molar refractivity (Wildman–Crippen MR) is 149 cm³/mol. The van der Waals surface area contributed by atoms with E-state index in [9.17, 15) is 18.0 Å². The van der Waals surface area contributed by atoms with Crippen LogP contribution in [-0.4, -0.2) is 66.8 Å². The van der Waals surface area contributed by atoms with E-state index in [1.54, 1.807) is 61.8 Å². The number of hydrogen-bond donors (Lipinski definition) is 0. The monoisotopic (exact) mass is 563 g/mol. The Morgan fingerprint density at radius 2 is 1.69 bits per heavy atom. The number of ether oxygens (including phenoxy) is 1. The summed E-state index contributed by atoms with van der Waals surface area (Å²) in [6.45, 7) is 1.65. The standard InChI is InChI=1S/C29H26ClN3O5S/c1-2-38-29(35)27-19-32(28(34)26-6-4-3-5-25(26)20-11-13-31-14-12-20)15-16-33(27)39(36,37)24-10-8-21-17-23(30)9-7-22(21)18-24/h3-14,17-18,27H,2,15-16,19H2,1H3. The minimum atomic E-state index is -4.09. The predicted octanol–water partition coefficient (Wildman–Crippen LogP) is 4.63. The van der Waals surface area contributed by atoms with Crippen molar-refractivity contribution in [3.05, 3.63) is 95.8 Å². The van der Waals surface area contributed by atoms with Crippen LogP contribution in [0.4, 0.5) is 0 Å². The van der Waals surface area contributed by atoms with E-state index in [1.165, 1.54) is 11.0 Å². The van der Waals surface area contributed by atoms with E-state index in [1.807, 2.05) is 24.3 Å². The third kappa shape index (κ3) is 5.38. The number of carbonyl (C=O) groups excluding carboxylic acids is 2. The van der Waals surface area contributed by atoms with Gasteiger partial charge in [0.25, 0.3) is 5.91 Å². The van der Waals surface area contributed by atoms with Crippen LogP contribution in [0.5, 0.6) is 0 Å². The number of aromatic nitrogens is 1. The van der Waals surface area contributed by atoms with Crippen molar-refractivity contribution in [1.82, 2.24) is 14.2 Å². The van der Waals surface area contributed by atoms with Crippen LogP contribution in [-0.2, 0) is 19.6 Å². The van der Waals surface area contributed by atoms with Gasteiger partial charge >= 0.3 is 5.97 Å². The molecule has 2 heterocycles. The summed E-state index contributed by atoms with van der Waals surface area (Å²) in [6, 6.07) is 19.6. The number of pyridine rings is 1. The minimum Gasteiger partial charge on any atom is -0.465 e. The molecule has 1 saturated heterocycles. The molecule has 8 nitrogen and oxygen atoms in total. The van der Waals surface area contributed by atoms with Gasteiger partial charge in [0.15, 0.2) is 0 Å². The molecule has 10 heteroatoms. The summed E-state index contributed by atoms with van der Waals surface area (Å²) >= 11 is 6.07. The zero-order valence-electron chi connectivity index (χ0n) is 21.2. The Balaban J connectivity index is 1.46. The first-order chi connectivity index (χ1) is 18.8. The Kier molecular flexibility index (Phi) is 7.65. The molecule has 5 rings (SSSR count). The highest BCUT2D eigenvalue weighted by Gasteiger charge is 2.42. The van der Waals surface area contributed by atoms with E-state index in [2.05, 4.69) is 4.98 Å². The normalized spacial score (nSPS) is 16.3. The van der Waals surface area contributed by atoms with E-state index >= 15 is 0 Å². The first-order valence-corrected chi connectivity index (χ1v) is 14.3. The molecule has 1 atom stereocenters. The quantitative estimate of drug-likeness (QED) is 0.317. The molecule has 4 aromatic rings. The van der Waals surface area contributed by atoms with Crippen molar-refractivity contribution >= 4 is 44.3 Å². The molecule has 1 fully saturated rings. The molecular weight excluding hydrogens is 538 g/mol. The average molecular weight is 564 g/mol. The number of nitrogens with zero attached hydrogens (tertiary/aromatic N) is 3. The fourth-order valence-corrected chi connectivity index (χ4v) is 6.56. The average Bonchev–Trinajstić information content (AvgIpc) is 2.96. The van der Waals surface area contributed by atoms with E-state index < -0.39 is 22.0 Å². The molecule has 0 bridgehead atoms. The van der Waals surface area contributed by atoms with Gasteiger partial charge in [-0.05, 0) is 71.3 Å². The molecule has 1 aliphatic rings. The Labute approximate surface area is 231 Å². The van der Waals surface area contributed by atoms with Crippen LogP contribution in [0.2, 0.25) is 5.02 Å². The number of hydrogen-bond acceptors (Lipinski definition) is 6. The van der Waals surface area contributed by atoms with Crippen molar-refractivity contribution in [3.63, 3.8) is 0 Å². The van der Waals surface area contributed by atoms with Gasteiger partial charge in [-0.25, -0.2) is 8.42 Å². The molecule has 39 heavy (non-hydrogen) atoms. The molecule has 1 aromatic heterocycles. The number of esters is 1. The maximum Gasteiger partial charge on any atom is 0.326 e. The number of carbonyl (C=O) groups is 2. The van der Waals surface area contributed by atoms with Gasteiger partial charge in [0.2, 0.25) is 10.0 Å². The van der Waals surface area contributed by atoms with Crippen LogP contribution in [0.25, 0.3) is 21.9 Å². The Bertz CT molecular complexity index is 1650. The third-order valence-electron chi connectivity index (χ3n) is 6.71. The molecule has 1 aliphatic heterocycles. The summed E-state index contributed by atoms with van der Waals surface area (Å²) in [5.74, 6) is -0.995. The molecule has 0 radical (unpaired) electrons. The summed E-state index contributed by atoms with van der Waals surface area (Å²) < 4.78 is 34.0. The highest BCUT2D eigenvalue weighted by molar-refractivity contribution is 7.89. The highest BCUT2D eigenvalue weighted by Crippen LogP contribution is 2.29. The lowest BCUT2D eigenvalue weighted by molar-refractivity contribution is -0.149. The maximum absolute atomic E-state index is 13.8. The zero-order chi connectivity index (χ0) is 27.6. The fourth-order valence-electron chi connectivity index (χ4n) is 4.78. The summed E-state index contributed by atoms with van der Waals surface area (Å²) in [6.07, 6.45) is 3.30. The third-order valence-corrected chi connectivity index (χ3v) is 8.85. The van der Waals surface area contributed by atoms with Crippen LogP contribution in [0.1, 0.15) is 17.3 Å². The molecular formula is C29H26ClN3O5S. The minimum absolute atomic E-state index is 0.0504. The molecule has 0 spiro atoms. The van der Waals surface area contributed by atoms with Crippen molar-refractivity contribution in [1.29, 1.82) is 0 Å². The highest BCUT2D eigenvalue weighted by atomic mass is 35.5.